The lowest BCUT2D eigenvalue weighted by Crippen LogP contribution is -2.46. The predicted octanol–water partition coefficient (Wildman–Crippen LogP) is 3.29. The second kappa shape index (κ2) is 8.71. The first kappa shape index (κ1) is 20.3. The van der Waals surface area contributed by atoms with Crippen LogP contribution in [0.2, 0.25) is 0 Å². The van der Waals surface area contributed by atoms with Gasteiger partial charge in [-0.2, -0.15) is 0 Å². The lowest BCUT2D eigenvalue weighted by Gasteiger charge is -2.31. The molecule has 28 heavy (non-hydrogen) atoms. The van der Waals surface area contributed by atoms with Crippen molar-refractivity contribution in [3.05, 3.63) is 71.3 Å². The van der Waals surface area contributed by atoms with Gasteiger partial charge < -0.3 is 4.90 Å². The molecule has 0 unspecified atom stereocenters. The zero-order valence-corrected chi connectivity index (χ0v) is 17.1. The number of sulfonamides is 1. The Morgan fingerprint density at radius 2 is 1.75 bits per heavy atom. The molecule has 0 atom stereocenters. The van der Waals surface area contributed by atoms with Gasteiger partial charge in [-0.3, -0.25) is 4.79 Å². The molecular formula is C22H26N2O3S. The van der Waals surface area contributed by atoms with Crippen molar-refractivity contribution in [1.82, 2.24) is 9.62 Å². The summed E-state index contributed by atoms with van der Waals surface area (Å²) in [7, 11) is -3.52. The molecule has 2 aromatic rings. The number of hydrogen-bond donors (Lipinski definition) is 1. The second-order valence-corrected chi connectivity index (χ2v) is 8.94. The first-order chi connectivity index (χ1) is 13.3. The van der Waals surface area contributed by atoms with Gasteiger partial charge in [0.15, 0.2) is 0 Å². The lowest BCUT2D eigenvalue weighted by atomic mass is 10.0. The van der Waals surface area contributed by atoms with Gasteiger partial charge >= 0.3 is 0 Å². The Morgan fingerprint density at radius 3 is 2.39 bits per heavy atom. The maximum absolute atomic E-state index is 12.5. The molecule has 0 radical (unpaired) electrons. The molecule has 1 fully saturated rings. The van der Waals surface area contributed by atoms with Crippen molar-refractivity contribution in [2.24, 2.45) is 0 Å². The molecule has 0 saturated carbocycles. The minimum Gasteiger partial charge on any atom is -0.339 e. The third-order valence-corrected chi connectivity index (χ3v) is 6.55. The summed E-state index contributed by atoms with van der Waals surface area (Å²) >= 11 is 0. The summed E-state index contributed by atoms with van der Waals surface area (Å²) in [5, 5.41) is 0. The Morgan fingerprint density at radius 1 is 1.07 bits per heavy atom. The molecule has 1 amide bonds. The van der Waals surface area contributed by atoms with E-state index in [1.165, 1.54) is 5.56 Å². The molecule has 0 aliphatic carbocycles. The first-order valence-electron chi connectivity index (χ1n) is 9.47. The second-order valence-electron chi connectivity index (χ2n) is 7.23. The fourth-order valence-corrected chi connectivity index (χ4v) is 4.71. The van der Waals surface area contributed by atoms with Gasteiger partial charge in [0.05, 0.1) is 4.90 Å². The molecule has 1 N–H and O–H groups in total. The van der Waals surface area contributed by atoms with E-state index in [-0.39, 0.29) is 16.8 Å². The van der Waals surface area contributed by atoms with E-state index < -0.39 is 10.0 Å². The number of nitrogens with one attached hydrogen (secondary N) is 1. The number of piperidine rings is 1. The summed E-state index contributed by atoms with van der Waals surface area (Å²) in [4.78, 5) is 14.5. The van der Waals surface area contributed by atoms with Gasteiger partial charge in [0.1, 0.15) is 0 Å². The van der Waals surface area contributed by atoms with Crippen molar-refractivity contribution >= 4 is 22.0 Å². The number of rotatable bonds is 5. The van der Waals surface area contributed by atoms with Crippen molar-refractivity contribution in [2.45, 2.75) is 37.6 Å². The van der Waals surface area contributed by atoms with E-state index in [1.807, 2.05) is 32.1 Å². The van der Waals surface area contributed by atoms with Crippen LogP contribution in [0, 0.1) is 13.8 Å². The van der Waals surface area contributed by atoms with Gasteiger partial charge in [-0.25, -0.2) is 13.1 Å². The quantitative estimate of drug-likeness (QED) is 0.786. The monoisotopic (exact) mass is 398 g/mol. The van der Waals surface area contributed by atoms with Gasteiger partial charge in [-0.05, 0) is 56.0 Å². The minimum absolute atomic E-state index is 0.0376. The van der Waals surface area contributed by atoms with Gasteiger partial charge in [0.25, 0.3) is 0 Å². The molecule has 1 heterocycles. The molecule has 5 nitrogen and oxygen atoms in total. The summed E-state index contributed by atoms with van der Waals surface area (Å²) in [6.45, 7) is 5.15. The summed E-state index contributed by atoms with van der Waals surface area (Å²) in [6, 6.07) is 14.3. The maximum Gasteiger partial charge on any atom is 0.246 e. The Kier molecular flexibility index (Phi) is 6.31. The SMILES string of the molecule is Cc1ccc(/C=C/C(=O)N2CCC(NS(=O)(=O)c3ccccc3)CC2)c(C)c1. The topological polar surface area (TPSA) is 66.5 Å². The molecule has 0 bridgehead atoms. The van der Waals surface area contributed by atoms with E-state index in [0.29, 0.717) is 25.9 Å². The van der Waals surface area contributed by atoms with Gasteiger partial charge in [0, 0.05) is 25.2 Å². The fourth-order valence-electron chi connectivity index (χ4n) is 3.38. The average Bonchev–Trinajstić information content (AvgIpc) is 2.68. The predicted molar refractivity (Wildman–Crippen MR) is 111 cm³/mol. The normalized spacial score (nSPS) is 15.9. The summed E-state index contributed by atoms with van der Waals surface area (Å²) in [5.41, 5.74) is 3.36. The van der Waals surface area contributed by atoms with Crippen LogP contribution < -0.4 is 4.72 Å². The third kappa shape index (κ3) is 5.09. The molecule has 0 spiro atoms. The fraction of sp³-hybridized carbons (Fsp3) is 0.318. The highest BCUT2D eigenvalue weighted by atomic mass is 32.2. The molecule has 0 aromatic heterocycles. The summed E-state index contributed by atoms with van der Waals surface area (Å²) in [6.07, 6.45) is 4.66. The van der Waals surface area contributed by atoms with Crippen molar-refractivity contribution < 1.29 is 13.2 Å². The van der Waals surface area contributed by atoms with Crippen LogP contribution in [0.1, 0.15) is 29.5 Å². The standard InChI is InChI=1S/C22H26N2O3S/c1-17-8-9-19(18(2)16-17)10-11-22(25)24-14-12-20(13-15-24)23-28(26,27)21-6-4-3-5-7-21/h3-11,16,20,23H,12-15H2,1-2H3/b11-10+. The maximum atomic E-state index is 12.5. The van der Waals surface area contributed by atoms with Crippen LogP contribution in [0.4, 0.5) is 0 Å². The smallest absolute Gasteiger partial charge is 0.246 e. The number of aryl methyl sites for hydroxylation is 2. The highest BCUT2D eigenvalue weighted by molar-refractivity contribution is 7.89. The van der Waals surface area contributed by atoms with Crippen LogP contribution in [-0.4, -0.2) is 38.4 Å². The molecule has 2 aromatic carbocycles. The third-order valence-electron chi connectivity index (χ3n) is 5.01. The van der Waals surface area contributed by atoms with Crippen molar-refractivity contribution in [1.29, 1.82) is 0 Å². The minimum atomic E-state index is -3.52. The summed E-state index contributed by atoms with van der Waals surface area (Å²) in [5.74, 6) is -0.0376. The number of carbonyl (C=O) groups excluding carboxylic acids is 1. The zero-order valence-electron chi connectivity index (χ0n) is 16.3. The van der Waals surface area contributed by atoms with Crippen LogP contribution in [-0.2, 0) is 14.8 Å². The molecule has 1 aliphatic heterocycles. The van der Waals surface area contributed by atoms with E-state index in [4.69, 9.17) is 0 Å². The van der Waals surface area contributed by atoms with Crippen molar-refractivity contribution in [3.63, 3.8) is 0 Å². The highest BCUT2D eigenvalue weighted by Gasteiger charge is 2.25. The number of amides is 1. The van der Waals surface area contributed by atoms with E-state index in [0.717, 1.165) is 11.1 Å². The number of hydrogen-bond acceptors (Lipinski definition) is 3. The number of nitrogens with zero attached hydrogens (tertiary/aromatic N) is 1. The van der Waals surface area contributed by atoms with Crippen LogP contribution in [0.25, 0.3) is 6.08 Å². The highest BCUT2D eigenvalue weighted by Crippen LogP contribution is 2.16. The molecular weight excluding hydrogens is 372 g/mol. The molecule has 6 heteroatoms. The van der Waals surface area contributed by atoms with Gasteiger partial charge in [-0.1, -0.05) is 42.0 Å². The molecule has 1 saturated heterocycles. The first-order valence-corrected chi connectivity index (χ1v) is 10.9. The summed E-state index contributed by atoms with van der Waals surface area (Å²) < 4.78 is 27.6. The Hall–Kier alpha value is -2.44. The largest absolute Gasteiger partial charge is 0.339 e. The van der Waals surface area contributed by atoms with Crippen LogP contribution in [0.3, 0.4) is 0 Å². The van der Waals surface area contributed by atoms with Gasteiger partial charge in [-0.15, -0.1) is 0 Å². The van der Waals surface area contributed by atoms with Crippen LogP contribution >= 0.6 is 0 Å². The number of carbonyl (C=O) groups is 1. The van der Waals surface area contributed by atoms with E-state index in [2.05, 4.69) is 10.8 Å². The lowest BCUT2D eigenvalue weighted by molar-refractivity contribution is -0.126. The van der Waals surface area contributed by atoms with Gasteiger partial charge in [0.2, 0.25) is 15.9 Å². The van der Waals surface area contributed by atoms with Crippen LogP contribution in [0.15, 0.2) is 59.5 Å². The van der Waals surface area contributed by atoms with E-state index in [9.17, 15) is 13.2 Å². The van der Waals surface area contributed by atoms with E-state index >= 15 is 0 Å². The van der Waals surface area contributed by atoms with Crippen molar-refractivity contribution in [2.75, 3.05) is 13.1 Å². The van der Waals surface area contributed by atoms with Crippen LogP contribution in [0.5, 0.6) is 0 Å². The number of likely N-dealkylation sites (tertiary alicyclic amines) is 1. The average molecular weight is 399 g/mol. The zero-order chi connectivity index (χ0) is 20.1. The Balaban J connectivity index is 1.55. The molecule has 3 rings (SSSR count). The Bertz CT molecular complexity index is 961. The Labute approximate surface area is 167 Å². The molecule has 1 aliphatic rings. The van der Waals surface area contributed by atoms with E-state index in [1.54, 1.807) is 41.3 Å². The number of benzene rings is 2. The molecule has 148 valence electrons. The van der Waals surface area contributed by atoms with Crippen molar-refractivity contribution in [3.8, 4) is 0 Å².